The zero-order valence-corrected chi connectivity index (χ0v) is 11.3. The molecular formula is C12H19N3O2S. The van der Waals surface area contributed by atoms with Crippen molar-refractivity contribution in [2.24, 2.45) is 11.1 Å². The molecule has 3 N–H and O–H groups in total. The first-order valence-corrected chi connectivity index (χ1v) is 7.55. The fourth-order valence-electron chi connectivity index (χ4n) is 2.22. The molecule has 0 spiro atoms. The van der Waals surface area contributed by atoms with Gasteiger partial charge in [-0.05, 0) is 50.2 Å². The number of nitrogens with two attached hydrogens (primary N) is 1. The van der Waals surface area contributed by atoms with Gasteiger partial charge in [0.15, 0.2) is 0 Å². The van der Waals surface area contributed by atoms with E-state index in [4.69, 9.17) is 5.14 Å². The molecule has 1 unspecified atom stereocenters. The third-order valence-corrected chi connectivity index (χ3v) is 4.20. The molecule has 0 radical (unpaired) electrons. The van der Waals surface area contributed by atoms with Crippen LogP contribution in [0, 0.1) is 5.92 Å². The minimum atomic E-state index is -3.59. The minimum absolute atomic E-state index is 0.147. The van der Waals surface area contributed by atoms with Gasteiger partial charge >= 0.3 is 0 Å². The number of nitrogens with one attached hydrogen (secondary N) is 1. The van der Waals surface area contributed by atoms with E-state index in [1.807, 2.05) is 0 Å². The first-order valence-electron chi connectivity index (χ1n) is 6.00. The van der Waals surface area contributed by atoms with Gasteiger partial charge in [0.2, 0.25) is 10.0 Å². The van der Waals surface area contributed by atoms with Crippen LogP contribution in [0.4, 0.5) is 5.69 Å². The summed E-state index contributed by atoms with van der Waals surface area (Å²) in [5.41, 5.74) is 0.928. The van der Waals surface area contributed by atoms with E-state index in [9.17, 15) is 8.42 Å². The number of likely N-dealkylation sites (tertiary alicyclic amines) is 1. The Kier molecular flexibility index (Phi) is 3.89. The minimum Gasteiger partial charge on any atom is -0.385 e. The summed E-state index contributed by atoms with van der Waals surface area (Å²) in [5.74, 6) is 0.660. The zero-order valence-electron chi connectivity index (χ0n) is 10.5. The SMILES string of the molecule is CN1CCC(CNc2ccc(S(N)(=O)=O)cc2)C1. The predicted molar refractivity (Wildman–Crippen MR) is 71.9 cm³/mol. The van der Waals surface area contributed by atoms with Crippen molar-refractivity contribution in [3.05, 3.63) is 24.3 Å². The molecule has 1 aliphatic rings. The molecule has 1 fully saturated rings. The highest BCUT2D eigenvalue weighted by Gasteiger charge is 2.18. The Bertz CT molecular complexity index is 499. The number of hydrogen-bond acceptors (Lipinski definition) is 4. The van der Waals surface area contributed by atoms with E-state index in [1.165, 1.54) is 18.6 Å². The van der Waals surface area contributed by atoms with Crippen LogP contribution in [-0.2, 0) is 10.0 Å². The Morgan fingerprint density at radius 2 is 2.06 bits per heavy atom. The molecule has 0 bridgehead atoms. The molecule has 1 saturated heterocycles. The van der Waals surface area contributed by atoms with Gasteiger partial charge in [-0.15, -0.1) is 0 Å². The Balaban J connectivity index is 1.91. The Morgan fingerprint density at radius 3 is 2.56 bits per heavy atom. The summed E-state index contributed by atoms with van der Waals surface area (Å²) < 4.78 is 22.2. The second kappa shape index (κ2) is 5.26. The summed E-state index contributed by atoms with van der Waals surface area (Å²) in [6.45, 7) is 3.18. The zero-order chi connectivity index (χ0) is 13.2. The number of rotatable bonds is 4. The van der Waals surface area contributed by atoms with Crippen LogP contribution in [0.5, 0.6) is 0 Å². The van der Waals surface area contributed by atoms with Crippen molar-refractivity contribution >= 4 is 15.7 Å². The monoisotopic (exact) mass is 269 g/mol. The maximum Gasteiger partial charge on any atom is 0.238 e. The van der Waals surface area contributed by atoms with Gasteiger partial charge < -0.3 is 10.2 Å². The van der Waals surface area contributed by atoms with E-state index in [-0.39, 0.29) is 4.90 Å². The van der Waals surface area contributed by atoms with Crippen LogP contribution in [0.1, 0.15) is 6.42 Å². The Morgan fingerprint density at radius 1 is 1.39 bits per heavy atom. The summed E-state index contributed by atoms with van der Waals surface area (Å²) in [6, 6.07) is 6.55. The smallest absolute Gasteiger partial charge is 0.238 e. The summed E-state index contributed by atoms with van der Waals surface area (Å²) in [4.78, 5) is 2.46. The highest BCUT2D eigenvalue weighted by molar-refractivity contribution is 7.89. The van der Waals surface area contributed by atoms with Crippen molar-refractivity contribution in [3.8, 4) is 0 Å². The van der Waals surface area contributed by atoms with E-state index in [2.05, 4.69) is 17.3 Å². The average Bonchev–Trinajstić information content (AvgIpc) is 2.72. The first-order chi connectivity index (χ1) is 8.45. The van der Waals surface area contributed by atoms with Gasteiger partial charge in [0, 0.05) is 18.8 Å². The molecule has 1 atom stereocenters. The molecule has 0 aliphatic carbocycles. The quantitative estimate of drug-likeness (QED) is 0.843. The molecule has 1 aromatic rings. The molecule has 2 rings (SSSR count). The summed E-state index contributed by atoms with van der Waals surface area (Å²) in [5, 5.41) is 8.37. The van der Waals surface area contributed by atoms with Gasteiger partial charge in [-0.3, -0.25) is 0 Å². The molecule has 6 heteroatoms. The first kappa shape index (κ1) is 13.3. The average molecular weight is 269 g/mol. The summed E-state index contributed by atoms with van der Waals surface area (Å²) in [6.07, 6.45) is 1.21. The van der Waals surface area contributed by atoms with Crippen LogP contribution in [-0.4, -0.2) is 40.0 Å². The number of nitrogens with zero attached hydrogens (tertiary/aromatic N) is 1. The lowest BCUT2D eigenvalue weighted by molar-refractivity contribution is 0.399. The van der Waals surface area contributed by atoms with Gasteiger partial charge in [0.25, 0.3) is 0 Å². The second-order valence-electron chi connectivity index (χ2n) is 4.87. The van der Waals surface area contributed by atoms with Crippen molar-refractivity contribution in [2.45, 2.75) is 11.3 Å². The maximum atomic E-state index is 11.1. The summed E-state index contributed by atoms with van der Waals surface area (Å²) in [7, 11) is -1.47. The van der Waals surface area contributed by atoms with Gasteiger partial charge in [0.05, 0.1) is 4.90 Å². The van der Waals surface area contributed by atoms with E-state index in [1.54, 1.807) is 12.1 Å². The van der Waals surface area contributed by atoms with Crippen LogP contribution in [0.25, 0.3) is 0 Å². The molecule has 0 amide bonds. The van der Waals surface area contributed by atoms with Crippen molar-refractivity contribution in [3.63, 3.8) is 0 Å². The van der Waals surface area contributed by atoms with Gasteiger partial charge in [0.1, 0.15) is 0 Å². The topological polar surface area (TPSA) is 75.4 Å². The lowest BCUT2D eigenvalue weighted by Crippen LogP contribution is -2.19. The molecule has 100 valence electrons. The van der Waals surface area contributed by atoms with Crippen molar-refractivity contribution in [1.82, 2.24) is 4.90 Å². The van der Waals surface area contributed by atoms with E-state index >= 15 is 0 Å². The van der Waals surface area contributed by atoms with Gasteiger partial charge in [-0.25, -0.2) is 13.6 Å². The Hall–Kier alpha value is -1.11. The number of benzene rings is 1. The lowest BCUT2D eigenvalue weighted by atomic mass is 10.1. The number of hydrogen-bond donors (Lipinski definition) is 2. The molecular weight excluding hydrogens is 250 g/mol. The summed E-state index contributed by atoms with van der Waals surface area (Å²) >= 11 is 0. The van der Waals surface area contributed by atoms with Crippen LogP contribution in [0.3, 0.4) is 0 Å². The van der Waals surface area contributed by atoms with Crippen molar-refractivity contribution in [2.75, 3.05) is 32.0 Å². The van der Waals surface area contributed by atoms with Crippen LogP contribution in [0.2, 0.25) is 0 Å². The van der Waals surface area contributed by atoms with Gasteiger partial charge in [-0.1, -0.05) is 0 Å². The normalized spacial score (nSPS) is 21.1. The second-order valence-corrected chi connectivity index (χ2v) is 6.43. The van der Waals surface area contributed by atoms with Crippen LogP contribution < -0.4 is 10.5 Å². The van der Waals surface area contributed by atoms with Crippen LogP contribution >= 0.6 is 0 Å². The molecule has 1 aromatic carbocycles. The molecule has 1 aliphatic heterocycles. The highest BCUT2D eigenvalue weighted by atomic mass is 32.2. The maximum absolute atomic E-state index is 11.1. The molecule has 0 saturated carbocycles. The van der Waals surface area contributed by atoms with Crippen molar-refractivity contribution in [1.29, 1.82) is 0 Å². The fourth-order valence-corrected chi connectivity index (χ4v) is 2.73. The number of anilines is 1. The molecule has 5 nitrogen and oxygen atoms in total. The van der Waals surface area contributed by atoms with Crippen LogP contribution in [0.15, 0.2) is 29.2 Å². The lowest BCUT2D eigenvalue weighted by Gasteiger charge is -2.12. The molecule has 18 heavy (non-hydrogen) atoms. The number of primary sulfonamides is 1. The van der Waals surface area contributed by atoms with Gasteiger partial charge in [-0.2, -0.15) is 0 Å². The predicted octanol–water partition coefficient (Wildman–Crippen LogP) is 0.698. The van der Waals surface area contributed by atoms with E-state index < -0.39 is 10.0 Å². The fraction of sp³-hybridized carbons (Fsp3) is 0.500. The molecule has 1 heterocycles. The standard InChI is InChI=1S/C12H19N3O2S/c1-15-7-6-10(9-15)8-14-11-2-4-12(5-3-11)18(13,16)17/h2-5,10,14H,6-9H2,1H3,(H2,13,16,17). The Labute approximate surface area is 108 Å². The van der Waals surface area contributed by atoms with E-state index in [0.717, 1.165) is 25.3 Å². The van der Waals surface area contributed by atoms with Crippen molar-refractivity contribution < 1.29 is 8.42 Å². The van der Waals surface area contributed by atoms with E-state index in [0.29, 0.717) is 5.92 Å². The molecule has 0 aromatic heterocycles. The highest BCUT2D eigenvalue weighted by Crippen LogP contribution is 2.17. The third-order valence-electron chi connectivity index (χ3n) is 3.27. The number of sulfonamides is 1. The largest absolute Gasteiger partial charge is 0.385 e. The third kappa shape index (κ3) is 3.44.